The Morgan fingerprint density at radius 2 is 1.76 bits per heavy atom. The third-order valence-electron chi connectivity index (χ3n) is 3.78. The second-order valence-corrected chi connectivity index (χ2v) is 5.65. The smallest absolute Gasteiger partial charge is 0.155 e. The van der Waals surface area contributed by atoms with Gasteiger partial charge in [0, 0.05) is 23.4 Å². The molecule has 25 heavy (non-hydrogen) atoms. The molecule has 0 N–H and O–H groups in total. The molecule has 2 aromatic carbocycles. The molecule has 0 radical (unpaired) electrons. The number of ether oxygens (including phenoxy) is 1. The summed E-state index contributed by atoms with van der Waals surface area (Å²) in [5, 5.41) is 0.00138. The lowest BCUT2D eigenvalue weighted by molar-refractivity contribution is 0.407. The maximum absolute atomic E-state index is 14.5. The summed E-state index contributed by atoms with van der Waals surface area (Å²) in [6.45, 7) is 1.70. The molecule has 3 nitrogen and oxygen atoms in total. The molecule has 0 amide bonds. The van der Waals surface area contributed by atoms with Crippen LogP contribution in [0.4, 0.5) is 8.78 Å². The summed E-state index contributed by atoms with van der Waals surface area (Å²) in [6.07, 6.45) is 5.36. The van der Waals surface area contributed by atoms with Crippen molar-refractivity contribution in [3.05, 3.63) is 64.6 Å². The number of halogens is 3. The molecule has 0 aliphatic carbocycles. The average Bonchev–Trinajstić information content (AvgIpc) is 2.88. The van der Waals surface area contributed by atoms with E-state index in [0.717, 1.165) is 12.1 Å². The monoisotopic (exact) mass is 358 g/mol. The van der Waals surface area contributed by atoms with Crippen molar-refractivity contribution in [3.8, 4) is 35.0 Å². The van der Waals surface area contributed by atoms with Crippen molar-refractivity contribution >= 4 is 11.6 Å². The molecule has 126 valence electrons. The van der Waals surface area contributed by atoms with Crippen LogP contribution < -0.4 is 4.74 Å². The first kappa shape index (κ1) is 17.0. The van der Waals surface area contributed by atoms with Crippen LogP contribution in [0.2, 0.25) is 5.15 Å². The Morgan fingerprint density at radius 3 is 2.28 bits per heavy atom. The summed E-state index contributed by atoms with van der Waals surface area (Å²) in [7, 11) is 1.34. The van der Waals surface area contributed by atoms with E-state index < -0.39 is 11.6 Å². The number of imidazole rings is 1. The molecule has 0 saturated heterocycles. The zero-order valence-corrected chi connectivity index (χ0v) is 14.2. The van der Waals surface area contributed by atoms with Gasteiger partial charge < -0.3 is 4.74 Å². The molecule has 0 bridgehead atoms. The molecule has 0 aliphatic heterocycles. The molecule has 1 heterocycles. The summed E-state index contributed by atoms with van der Waals surface area (Å²) < 4.78 is 35.6. The number of aromatic nitrogens is 2. The largest absolute Gasteiger partial charge is 0.497 e. The molecule has 0 unspecified atom stereocenters. The highest BCUT2D eigenvalue weighted by Crippen LogP contribution is 2.36. The maximum atomic E-state index is 14.5. The van der Waals surface area contributed by atoms with E-state index in [1.54, 1.807) is 35.8 Å². The Bertz CT molecular complexity index is 965. The second kappa shape index (κ2) is 6.58. The van der Waals surface area contributed by atoms with Crippen LogP contribution in [-0.2, 0) is 0 Å². The van der Waals surface area contributed by atoms with E-state index in [1.807, 2.05) is 0 Å². The van der Waals surface area contributed by atoms with Gasteiger partial charge >= 0.3 is 0 Å². The number of nitrogens with zero attached hydrogens (tertiary/aromatic N) is 2. The van der Waals surface area contributed by atoms with Crippen LogP contribution >= 0.6 is 11.6 Å². The van der Waals surface area contributed by atoms with E-state index in [4.69, 9.17) is 22.8 Å². The van der Waals surface area contributed by atoms with E-state index in [-0.39, 0.29) is 22.2 Å². The number of hydrogen-bond acceptors (Lipinski definition) is 2. The minimum atomic E-state index is -0.792. The average molecular weight is 359 g/mol. The van der Waals surface area contributed by atoms with E-state index in [9.17, 15) is 8.78 Å². The standard InChI is InChI=1S/C19H13ClF2N2O/c1-4-12-5-7-13(8-6-12)24-11(2)23-19(20)18(24)17-15(21)9-14(25-3)10-16(17)22/h1,5-10H,2-3H3. The normalized spacial score (nSPS) is 10.6. The number of methoxy groups -OCH3 is 1. The van der Waals surface area contributed by atoms with E-state index >= 15 is 0 Å². The third kappa shape index (κ3) is 2.97. The van der Waals surface area contributed by atoms with Crippen LogP contribution in [0, 0.1) is 30.9 Å². The maximum Gasteiger partial charge on any atom is 0.155 e. The van der Waals surface area contributed by atoms with Crippen LogP contribution in [0.15, 0.2) is 36.4 Å². The van der Waals surface area contributed by atoms with Gasteiger partial charge in [0.25, 0.3) is 0 Å². The highest BCUT2D eigenvalue weighted by atomic mass is 35.5. The quantitative estimate of drug-likeness (QED) is 0.631. The van der Waals surface area contributed by atoms with Gasteiger partial charge in [0.2, 0.25) is 0 Å². The molecule has 0 aliphatic rings. The molecular formula is C19H13ClF2N2O. The van der Waals surface area contributed by atoms with Crippen molar-refractivity contribution < 1.29 is 13.5 Å². The van der Waals surface area contributed by atoms with Crippen molar-refractivity contribution in [1.29, 1.82) is 0 Å². The second-order valence-electron chi connectivity index (χ2n) is 5.29. The highest BCUT2D eigenvalue weighted by Gasteiger charge is 2.23. The summed E-state index contributed by atoms with van der Waals surface area (Å²) in [6, 6.07) is 9.14. The summed E-state index contributed by atoms with van der Waals surface area (Å²) in [5.74, 6) is 1.50. The van der Waals surface area contributed by atoms with Gasteiger partial charge in [0.05, 0.1) is 18.4 Å². The van der Waals surface area contributed by atoms with Crippen LogP contribution in [0.1, 0.15) is 11.4 Å². The fraction of sp³-hybridized carbons (Fsp3) is 0.105. The van der Waals surface area contributed by atoms with Gasteiger partial charge in [-0.1, -0.05) is 17.5 Å². The zero-order valence-electron chi connectivity index (χ0n) is 13.5. The number of terminal acetylenes is 1. The molecule has 6 heteroatoms. The fourth-order valence-electron chi connectivity index (χ4n) is 2.63. The Hall–Kier alpha value is -2.84. The summed E-state index contributed by atoms with van der Waals surface area (Å²) in [5.41, 5.74) is 1.19. The Morgan fingerprint density at radius 1 is 1.16 bits per heavy atom. The molecule has 0 atom stereocenters. The van der Waals surface area contributed by atoms with Crippen LogP contribution in [0.3, 0.4) is 0 Å². The minimum absolute atomic E-state index is 0.00138. The van der Waals surface area contributed by atoms with Gasteiger partial charge in [-0.25, -0.2) is 13.8 Å². The van der Waals surface area contributed by atoms with Gasteiger partial charge in [0.15, 0.2) is 5.15 Å². The number of rotatable bonds is 3. The number of benzene rings is 2. The summed E-state index contributed by atoms with van der Waals surface area (Å²) >= 11 is 6.18. The van der Waals surface area contributed by atoms with Gasteiger partial charge in [-0.15, -0.1) is 6.42 Å². The number of aryl methyl sites for hydroxylation is 1. The first-order valence-corrected chi connectivity index (χ1v) is 7.69. The predicted octanol–water partition coefficient (Wildman–Crippen LogP) is 4.77. The predicted molar refractivity (Wildman–Crippen MR) is 93.2 cm³/mol. The highest BCUT2D eigenvalue weighted by molar-refractivity contribution is 6.32. The molecular weight excluding hydrogens is 346 g/mol. The topological polar surface area (TPSA) is 27.1 Å². The first-order chi connectivity index (χ1) is 12.0. The van der Waals surface area contributed by atoms with Crippen molar-refractivity contribution in [1.82, 2.24) is 9.55 Å². The lowest BCUT2D eigenvalue weighted by Gasteiger charge is -2.13. The molecule has 0 spiro atoms. The lowest BCUT2D eigenvalue weighted by Crippen LogP contribution is -2.03. The van der Waals surface area contributed by atoms with E-state index in [0.29, 0.717) is 17.1 Å². The SMILES string of the molecule is C#Cc1ccc(-n2c(C)nc(Cl)c2-c2c(F)cc(OC)cc2F)cc1. The van der Waals surface area contributed by atoms with E-state index in [2.05, 4.69) is 10.9 Å². The van der Waals surface area contributed by atoms with Crippen molar-refractivity contribution in [2.24, 2.45) is 0 Å². The van der Waals surface area contributed by atoms with Crippen molar-refractivity contribution in [2.45, 2.75) is 6.92 Å². The molecule has 1 aromatic heterocycles. The molecule has 3 aromatic rings. The van der Waals surface area contributed by atoms with E-state index in [1.165, 1.54) is 7.11 Å². The first-order valence-electron chi connectivity index (χ1n) is 7.31. The van der Waals surface area contributed by atoms with Gasteiger partial charge in [-0.05, 0) is 31.2 Å². The molecule has 0 fully saturated rings. The minimum Gasteiger partial charge on any atom is -0.497 e. The van der Waals surface area contributed by atoms with Gasteiger partial charge in [0.1, 0.15) is 23.2 Å². The van der Waals surface area contributed by atoms with Crippen molar-refractivity contribution in [3.63, 3.8) is 0 Å². The van der Waals surface area contributed by atoms with Gasteiger partial charge in [-0.3, -0.25) is 4.57 Å². The van der Waals surface area contributed by atoms with Crippen LogP contribution in [0.25, 0.3) is 16.9 Å². The van der Waals surface area contributed by atoms with Crippen LogP contribution in [-0.4, -0.2) is 16.7 Å². The zero-order chi connectivity index (χ0) is 18.1. The van der Waals surface area contributed by atoms with Crippen molar-refractivity contribution in [2.75, 3.05) is 7.11 Å². The molecule has 0 saturated carbocycles. The third-order valence-corrected chi connectivity index (χ3v) is 4.05. The Balaban J connectivity index is 2.27. The number of hydrogen-bond donors (Lipinski definition) is 0. The Kier molecular flexibility index (Phi) is 4.47. The lowest BCUT2D eigenvalue weighted by atomic mass is 10.1. The fourth-order valence-corrected chi connectivity index (χ4v) is 2.93. The van der Waals surface area contributed by atoms with Gasteiger partial charge in [-0.2, -0.15) is 0 Å². The molecule has 3 rings (SSSR count). The summed E-state index contributed by atoms with van der Waals surface area (Å²) in [4.78, 5) is 4.15. The Labute approximate surface area is 148 Å². The van der Waals surface area contributed by atoms with Crippen LogP contribution in [0.5, 0.6) is 5.75 Å².